The summed E-state index contributed by atoms with van der Waals surface area (Å²) >= 11 is 0. The molecule has 1 aliphatic carbocycles. The van der Waals surface area contributed by atoms with E-state index in [1.165, 1.54) is 24.3 Å². The fourth-order valence-electron chi connectivity index (χ4n) is 2.85. The number of carbonyl (C=O) groups excluding carboxylic acids is 1. The number of amides is 1. The molecule has 1 aromatic carbocycles. The van der Waals surface area contributed by atoms with Crippen LogP contribution in [-0.2, 0) is 14.8 Å². The van der Waals surface area contributed by atoms with E-state index >= 15 is 0 Å². The number of likely N-dealkylation sites (tertiary alicyclic amines) is 1. The quantitative estimate of drug-likeness (QED) is 0.806. The number of carbonyl (C=O) groups is 1. The molecule has 1 aliphatic heterocycles. The van der Waals surface area contributed by atoms with Crippen LogP contribution in [0.1, 0.15) is 25.7 Å². The zero-order valence-corrected chi connectivity index (χ0v) is 14.2. The third kappa shape index (κ3) is 4.75. The molecule has 0 radical (unpaired) electrons. The number of benzene rings is 1. The number of hydrogen-bond acceptors (Lipinski definition) is 4. The van der Waals surface area contributed by atoms with Gasteiger partial charge in [0.25, 0.3) is 0 Å². The minimum absolute atomic E-state index is 0.0352. The van der Waals surface area contributed by atoms with E-state index in [0.29, 0.717) is 31.6 Å². The average molecular weight is 355 g/mol. The minimum atomic E-state index is -3.15. The van der Waals surface area contributed by atoms with Gasteiger partial charge in [-0.1, -0.05) is 0 Å². The number of hydrogen-bond donors (Lipinski definition) is 2. The lowest BCUT2D eigenvalue weighted by Crippen LogP contribution is -2.47. The van der Waals surface area contributed by atoms with E-state index in [2.05, 4.69) is 10.0 Å². The highest BCUT2D eigenvalue weighted by Gasteiger charge is 2.37. The lowest BCUT2D eigenvalue weighted by atomic mass is 10.1. The van der Waals surface area contributed by atoms with Crippen LogP contribution >= 0.6 is 0 Å². The predicted molar refractivity (Wildman–Crippen MR) is 89.6 cm³/mol. The van der Waals surface area contributed by atoms with Crippen molar-refractivity contribution in [2.75, 3.05) is 25.0 Å². The Hall–Kier alpha value is -1.51. The first kappa shape index (κ1) is 17.3. The predicted octanol–water partition coefficient (Wildman–Crippen LogP) is 1.31. The molecule has 1 saturated heterocycles. The van der Waals surface area contributed by atoms with Crippen molar-refractivity contribution >= 4 is 21.6 Å². The molecule has 0 spiro atoms. The van der Waals surface area contributed by atoms with Crippen molar-refractivity contribution in [2.45, 2.75) is 37.0 Å². The summed E-state index contributed by atoms with van der Waals surface area (Å²) in [5, 5.41) is 2.53. The number of anilines is 1. The molecule has 132 valence electrons. The second kappa shape index (κ2) is 7.16. The number of nitrogens with one attached hydrogen (secondary N) is 2. The summed E-state index contributed by atoms with van der Waals surface area (Å²) in [5.74, 6) is -0.498. The van der Waals surface area contributed by atoms with Crippen LogP contribution in [0.15, 0.2) is 24.3 Å². The van der Waals surface area contributed by atoms with Crippen LogP contribution in [0.25, 0.3) is 0 Å². The number of halogens is 1. The fraction of sp³-hybridized carbons (Fsp3) is 0.562. The zero-order valence-electron chi connectivity index (χ0n) is 13.4. The SMILES string of the molecule is O=C(CN1CCC(NS(=O)(=O)C2CC2)CC1)Nc1ccc(F)cc1. The molecule has 24 heavy (non-hydrogen) atoms. The van der Waals surface area contributed by atoms with Gasteiger partial charge in [-0.3, -0.25) is 9.69 Å². The summed E-state index contributed by atoms with van der Waals surface area (Å²) < 4.78 is 39.5. The van der Waals surface area contributed by atoms with Gasteiger partial charge in [0.1, 0.15) is 5.82 Å². The van der Waals surface area contributed by atoms with Gasteiger partial charge in [-0.25, -0.2) is 17.5 Å². The first-order valence-corrected chi connectivity index (χ1v) is 9.76. The maximum absolute atomic E-state index is 12.8. The van der Waals surface area contributed by atoms with E-state index in [9.17, 15) is 17.6 Å². The van der Waals surface area contributed by atoms with Gasteiger partial charge >= 0.3 is 0 Å². The number of rotatable bonds is 6. The molecule has 1 amide bonds. The van der Waals surface area contributed by atoms with Crippen molar-refractivity contribution in [3.8, 4) is 0 Å². The van der Waals surface area contributed by atoms with Gasteiger partial charge in [-0.05, 0) is 49.9 Å². The Labute approximate surface area is 141 Å². The van der Waals surface area contributed by atoms with Crippen LogP contribution in [-0.4, -0.2) is 50.2 Å². The largest absolute Gasteiger partial charge is 0.325 e. The zero-order chi connectivity index (χ0) is 17.2. The summed E-state index contributed by atoms with van der Waals surface area (Å²) in [4.78, 5) is 14.0. The van der Waals surface area contributed by atoms with Gasteiger partial charge in [0.2, 0.25) is 15.9 Å². The molecule has 1 heterocycles. The second-order valence-electron chi connectivity index (χ2n) is 6.47. The maximum Gasteiger partial charge on any atom is 0.238 e. The second-order valence-corrected chi connectivity index (χ2v) is 8.46. The van der Waals surface area contributed by atoms with Gasteiger partial charge in [0.15, 0.2) is 0 Å². The molecule has 1 aromatic rings. The van der Waals surface area contributed by atoms with E-state index in [-0.39, 0.29) is 29.6 Å². The first-order valence-electron chi connectivity index (χ1n) is 8.21. The molecule has 0 atom stereocenters. The van der Waals surface area contributed by atoms with E-state index in [0.717, 1.165) is 12.8 Å². The summed E-state index contributed by atoms with van der Waals surface area (Å²) in [7, 11) is -3.15. The molecule has 6 nitrogen and oxygen atoms in total. The van der Waals surface area contributed by atoms with Gasteiger partial charge in [0, 0.05) is 24.8 Å². The molecule has 2 aliphatic rings. The van der Waals surface area contributed by atoms with Crippen molar-refractivity contribution in [3.63, 3.8) is 0 Å². The number of piperidine rings is 1. The molecule has 2 N–H and O–H groups in total. The Morgan fingerprint density at radius 1 is 1.12 bits per heavy atom. The molecule has 3 rings (SSSR count). The first-order chi connectivity index (χ1) is 11.4. The molecule has 8 heteroatoms. The Kier molecular flexibility index (Phi) is 5.17. The molecular weight excluding hydrogens is 333 g/mol. The minimum Gasteiger partial charge on any atom is -0.325 e. The highest BCUT2D eigenvalue weighted by molar-refractivity contribution is 7.90. The number of sulfonamides is 1. The third-order valence-corrected chi connectivity index (χ3v) is 6.39. The monoisotopic (exact) mass is 355 g/mol. The molecule has 2 fully saturated rings. The number of nitrogens with zero attached hydrogens (tertiary/aromatic N) is 1. The van der Waals surface area contributed by atoms with Crippen molar-refractivity contribution in [1.29, 1.82) is 0 Å². The van der Waals surface area contributed by atoms with Gasteiger partial charge < -0.3 is 5.32 Å². The highest BCUT2D eigenvalue weighted by atomic mass is 32.2. The van der Waals surface area contributed by atoms with Crippen LogP contribution in [0.2, 0.25) is 0 Å². The van der Waals surface area contributed by atoms with Crippen molar-refractivity contribution < 1.29 is 17.6 Å². The third-order valence-electron chi connectivity index (χ3n) is 4.38. The topological polar surface area (TPSA) is 78.5 Å². The normalized spacial score (nSPS) is 20.0. The molecular formula is C16H22FN3O3S. The average Bonchev–Trinajstić information content (AvgIpc) is 3.37. The van der Waals surface area contributed by atoms with Crippen LogP contribution in [0.5, 0.6) is 0 Å². The smallest absolute Gasteiger partial charge is 0.238 e. The molecule has 0 unspecified atom stereocenters. The van der Waals surface area contributed by atoms with Crippen molar-refractivity contribution in [3.05, 3.63) is 30.1 Å². The van der Waals surface area contributed by atoms with E-state index < -0.39 is 10.0 Å². The standard InChI is InChI=1S/C16H22FN3O3S/c17-12-1-3-13(4-2-12)18-16(21)11-20-9-7-14(8-10-20)19-24(22,23)15-5-6-15/h1-4,14-15,19H,5-11H2,(H,18,21). The Balaban J connectivity index is 1.41. The Bertz CT molecular complexity index is 681. The van der Waals surface area contributed by atoms with Crippen molar-refractivity contribution in [2.24, 2.45) is 0 Å². The summed E-state index contributed by atoms with van der Waals surface area (Å²) in [6.45, 7) is 1.60. The van der Waals surface area contributed by atoms with E-state index in [4.69, 9.17) is 0 Å². The van der Waals surface area contributed by atoms with E-state index in [1.54, 1.807) is 0 Å². The van der Waals surface area contributed by atoms with Gasteiger partial charge in [-0.2, -0.15) is 0 Å². The van der Waals surface area contributed by atoms with Crippen LogP contribution in [0, 0.1) is 5.82 Å². The summed E-state index contributed by atoms with van der Waals surface area (Å²) in [5.41, 5.74) is 0.563. The highest BCUT2D eigenvalue weighted by Crippen LogP contribution is 2.28. The molecule has 0 bridgehead atoms. The lowest BCUT2D eigenvalue weighted by Gasteiger charge is -2.31. The van der Waals surface area contributed by atoms with Gasteiger partial charge in [0.05, 0.1) is 11.8 Å². The van der Waals surface area contributed by atoms with Gasteiger partial charge in [-0.15, -0.1) is 0 Å². The maximum atomic E-state index is 12.8. The Morgan fingerprint density at radius 3 is 2.33 bits per heavy atom. The fourth-order valence-corrected chi connectivity index (χ4v) is 4.50. The molecule has 0 aromatic heterocycles. The Morgan fingerprint density at radius 2 is 1.75 bits per heavy atom. The van der Waals surface area contributed by atoms with E-state index in [1.807, 2.05) is 4.90 Å². The van der Waals surface area contributed by atoms with Crippen LogP contribution in [0.4, 0.5) is 10.1 Å². The van der Waals surface area contributed by atoms with Crippen LogP contribution in [0.3, 0.4) is 0 Å². The summed E-state index contributed by atoms with van der Waals surface area (Å²) in [6.07, 6.45) is 2.93. The van der Waals surface area contributed by atoms with Crippen molar-refractivity contribution in [1.82, 2.24) is 9.62 Å². The summed E-state index contributed by atoms with van der Waals surface area (Å²) in [6, 6.07) is 5.60. The lowest BCUT2D eigenvalue weighted by molar-refractivity contribution is -0.117. The molecule has 1 saturated carbocycles. The van der Waals surface area contributed by atoms with Crippen LogP contribution < -0.4 is 10.0 Å².